The number of aromatic nitrogens is 2. The Hall–Kier alpha value is -2.69. The summed E-state index contributed by atoms with van der Waals surface area (Å²) < 4.78 is 14.8. The number of ketones is 1. The van der Waals surface area contributed by atoms with E-state index in [1.54, 1.807) is 6.20 Å². The molecular formula is C19H18FN3O. The van der Waals surface area contributed by atoms with Crippen LogP contribution >= 0.6 is 0 Å². The van der Waals surface area contributed by atoms with Crippen molar-refractivity contribution in [3.8, 4) is 0 Å². The molecule has 122 valence electrons. The molecule has 5 heteroatoms. The van der Waals surface area contributed by atoms with Gasteiger partial charge in [-0.25, -0.2) is 9.37 Å². The summed E-state index contributed by atoms with van der Waals surface area (Å²) in [5.41, 5.74) is 3.80. The third kappa shape index (κ3) is 2.89. The number of rotatable bonds is 5. The van der Waals surface area contributed by atoms with E-state index < -0.39 is 6.17 Å². The second-order valence-corrected chi connectivity index (χ2v) is 6.23. The van der Waals surface area contributed by atoms with Gasteiger partial charge in [-0.1, -0.05) is 18.2 Å². The number of halogens is 1. The van der Waals surface area contributed by atoms with Crippen LogP contribution < -0.4 is 4.90 Å². The van der Waals surface area contributed by atoms with Crippen LogP contribution in [0.5, 0.6) is 0 Å². The summed E-state index contributed by atoms with van der Waals surface area (Å²) in [6, 6.07) is 13.6. The van der Waals surface area contributed by atoms with Gasteiger partial charge in [0.05, 0.1) is 13.1 Å². The molecule has 0 aliphatic carbocycles. The number of anilines is 1. The molecule has 4 nitrogen and oxygen atoms in total. The largest absolute Gasteiger partial charge is 0.366 e. The molecule has 3 aromatic rings. The second kappa shape index (κ2) is 6.07. The standard InChI is InChI=1S/C19H18FN3O/c20-15-12-22(13-15)16-6-4-14(5-7-16)10-18(24)11-17-2-1-3-19-21-8-9-23(17)19/h1-9,15H,10-13H2. The van der Waals surface area contributed by atoms with Crippen LogP contribution in [-0.2, 0) is 17.6 Å². The van der Waals surface area contributed by atoms with Crippen molar-refractivity contribution in [2.24, 2.45) is 0 Å². The highest BCUT2D eigenvalue weighted by Crippen LogP contribution is 2.23. The molecule has 0 saturated carbocycles. The summed E-state index contributed by atoms with van der Waals surface area (Å²) in [7, 11) is 0. The predicted molar refractivity (Wildman–Crippen MR) is 91.2 cm³/mol. The van der Waals surface area contributed by atoms with Crippen molar-refractivity contribution >= 4 is 17.1 Å². The van der Waals surface area contributed by atoms with Gasteiger partial charge in [0, 0.05) is 36.6 Å². The van der Waals surface area contributed by atoms with E-state index in [0.717, 1.165) is 22.6 Å². The first-order valence-corrected chi connectivity index (χ1v) is 8.10. The average molecular weight is 323 g/mol. The molecule has 0 N–H and O–H groups in total. The fourth-order valence-electron chi connectivity index (χ4n) is 3.10. The maximum atomic E-state index is 12.9. The quantitative estimate of drug-likeness (QED) is 0.724. The monoisotopic (exact) mass is 323 g/mol. The molecular weight excluding hydrogens is 305 g/mol. The molecule has 1 aromatic carbocycles. The average Bonchev–Trinajstić information content (AvgIpc) is 3.02. The van der Waals surface area contributed by atoms with Crippen LogP contribution in [0, 0.1) is 0 Å². The summed E-state index contributed by atoms with van der Waals surface area (Å²) in [5.74, 6) is 0.164. The Kier molecular flexibility index (Phi) is 3.76. The highest BCUT2D eigenvalue weighted by atomic mass is 19.1. The zero-order valence-electron chi connectivity index (χ0n) is 13.2. The van der Waals surface area contributed by atoms with Crippen LogP contribution in [0.25, 0.3) is 5.65 Å². The smallest absolute Gasteiger partial charge is 0.143 e. The molecule has 0 bridgehead atoms. The number of hydrogen-bond donors (Lipinski definition) is 0. The van der Waals surface area contributed by atoms with Gasteiger partial charge in [0.2, 0.25) is 0 Å². The lowest BCUT2D eigenvalue weighted by Crippen LogP contribution is -2.48. The van der Waals surface area contributed by atoms with Crippen molar-refractivity contribution in [1.82, 2.24) is 9.38 Å². The number of benzene rings is 1. The molecule has 1 aliphatic rings. The lowest BCUT2D eigenvalue weighted by atomic mass is 10.0. The maximum absolute atomic E-state index is 12.9. The van der Waals surface area contributed by atoms with Crippen LogP contribution in [-0.4, -0.2) is 34.4 Å². The first kappa shape index (κ1) is 14.9. The number of carbonyl (C=O) groups is 1. The Morgan fingerprint density at radius 2 is 1.92 bits per heavy atom. The fraction of sp³-hybridized carbons (Fsp3) is 0.263. The van der Waals surface area contributed by atoms with Gasteiger partial charge in [0.1, 0.15) is 17.6 Å². The Balaban J connectivity index is 1.41. The van der Waals surface area contributed by atoms with Gasteiger partial charge in [-0.2, -0.15) is 0 Å². The van der Waals surface area contributed by atoms with Crippen molar-refractivity contribution in [1.29, 1.82) is 0 Å². The van der Waals surface area contributed by atoms with Crippen LogP contribution in [0.4, 0.5) is 10.1 Å². The van der Waals surface area contributed by atoms with E-state index in [4.69, 9.17) is 0 Å². The van der Waals surface area contributed by atoms with Gasteiger partial charge >= 0.3 is 0 Å². The number of carbonyl (C=O) groups excluding carboxylic acids is 1. The second-order valence-electron chi connectivity index (χ2n) is 6.23. The molecule has 0 spiro atoms. The molecule has 3 heterocycles. The van der Waals surface area contributed by atoms with Gasteiger partial charge in [0.25, 0.3) is 0 Å². The topological polar surface area (TPSA) is 37.6 Å². The first-order valence-electron chi connectivity index (χ1n) is 8.10. The molecule has 2 aromatic heterocycles. The number of alkyl halides is 1. The predicted octanol–water partition coefficient (Wildman–Crippen LogP) is 2.85. The minimum atomic E-state index is -0.711. The van der Waals surface area contributed by atoms with E-state index in [1.165, 1.54) is 0 Å². The normalized spacial score (nSPS) is 14.8. The molecule has 0 radical (unpaired) electrons. The van der Waals surface area contributed by atoms with Crippen LogP contribution in [0.1, 0.15) is 11.3 Å². The number of pyridine rings is 1. The molecule has 1 fully saturated rings. The molecule has 0 atom stereocenters. The minimum absolute atomic E-state index is 0.164. The zero-order valence-corrected chi connectivity index (χ0v) is 13.2. The van der Waals surface area contributed by atoms with E-state index in [1.807, 2.05) is 58.0 Å². The van der Waals surface area contributed by atoms with Crippen molar-refractivity contribution in [3.63, 3.8) is 0 Å². The molecule has 0 amide bonds. The number of imidazole rings is 1. The van der Waals surface area contributed by atoms with E-state index in [9.17, 15) is 9.18 Å². The van der Waals surface area contributed by atoms with Gasteiger partial charge in [-0.15, -0.1) is 0 Å². The Bertz CT molecular complexity index is 866. The molecule has 24 heavy (non-hydrogen) atoms. The van der Waals surface area contributed by atoms with Gasteiger partial charge in [-0.05, 0) is 29.8 Å². The summed E-state index contributed by atoms with van der Waals surface area (Å²) in [6.07, 6.45) is 3.68. The Labute approximate surface area is 139 Å². The van der Waals surface area contributed by atoms with Crippen molar-refractivity contribution in [2.45, 2.75) is 19.0 Å². The lowest BCUT2D eigenvalue weighted by molar-refractivity contribution is -0.117. The maximum Gasteiger partial charge on any atom is 0.143 e. The highest BCUT2D eigenvalue weighted by molar-refractivity contribution is 5.83. The van der Waals surface area contributed by atoms with Gasteiger partial charge in [-0.3, -0.25) is 4.79 Å². The fourth-order valence-corrected chi connectivity index (χ4v) is 3.10. The third-order valence-electron chi connectivity index (χ3n) is 4.43. The molecule has 1 aliphatic heterocycles. The van der Waals surface area contributed by atoms with E-state index >= 15 is 0 Å². The van der Waals surface area contributed by atoms with E-state index in [2.05, 4.69) is 4.98 Å². The van der Waals surface area contributed by atoms with Crippen LogP contribution in [0.15, 0.2) is 54.9 Å². The minimum Gasteiger partial charge on any atom is -0.366 e. The Morgan fingerprint density at radius 3 is 2.67 bits per heavy atom. The van der Waals surface area contributed by atoms with Crippen molar-refractivity contribution < 1.29 is 9.18 Å². The summed E-state index contributed by atoms with van der Waals surface area (Å²) in [4.78, 5) is 18.6. The summed E-state index contributed by atoms with van der Waals surface area (Å²) in [5, 5.41) is 0. The number of fused-ring (bicyclic) bond motifs is 1. The van der Waals surface area contributed by atoms with E-state index in [0.29, 0.717) is 25.9 Å². The zero-order chi connectivity index (χ0) is 16.5. The molecule has 0 unspecified atom stereocenters. The number of nitrogens with zero attached hydrogens (tertiary/aromatic N) is 3. The van der Waals surface area contributed by atoms with E-state index in [-0.39, 0.29) is 5.78 Å². The van der Waals surface area contributed by atoms with Crippen LogP contribution in [0.2, 0.25) is 0 Å². The van der Waals surface area contributed by atoms with Gasteiger partial charge in [0.15, 0.2) is 0 Å². The lowest BCUT2D eigenvalue weighted by Gasteiger charge is -2.36. The highest BCUT2D eigenvalue weighted by Gasteiger charge is 2.26. The van der Waals surface area contributed by atoms with Crippen molar-refractivity contribution in [2.75, 3.05) is 18.0 Å². The number of Topliss-reactive ketones (excluding diaryl/α,β-unsaturated/α-hetero) is 1. The SMILES string of the molecule is O=C(Cc1ccc(N2CC(F)C2)cc1)Cc1cccc2nccn12. The molecule has 1 saturated heterocycles. The molecule has 4 rings (SSSR count). The summed E-state index contributed by atoms with van der Waals surface area (Å²) >= 11 is 0. The Morgan fingerprint density at radius 1 is 1.12 bits per heavy atom. The van der Waals surface area contributed by atoms with Crippen molar-refractivity contribution in [3.05, 3.63) is 66.1 Å². The number of hydrogen-bond acceptors (Lipinski definition) is 3. The van der Waals surface area contributed by atoms with Crippen LogP contribution in [0.3, 0.4) is 0 Å². The third-order valence-corrected chi connectivity index (χ3v) is 4.43. The van der Waals surface area contributed by atoms with Gasteiger partial charge < -0.3 is 9.30 Å². The summed E-state index contributed by atoms with van der Waals surface area (Å²) in [6.45, 7) is 0.931. The first-order chi connectivity index (χ1) is 11.7.